The fraction of sp³-hybridized carbons (Fsp3) is 0.500. The number of rotatable bonds is 5. The van der Waals surface area contributed by atoms with Gasteiger partial charge in [0.15, 0.2) is 0 Å². The molecule has 0 unspecified atom stereocenters. The minimum Gasteiger partial charge on any atom is -0.496 e. The molecule has 0 saturated carbocycles. The molecule has 0 fully saturated rings. The predicted molar refractivity (Wildman–Crippen MR) is 66.7 cm³/mol. The largest absolute Gasteiger partial charge is 0.496 e. The molecule has 3 heteroatoms. The predicted octanol–water partition coefficient (Wildman–Crippen LogP) is 3.31. The van der Waals surface area contributed by atoms with E-state index in [9.17, 15) is 0 Å². The van der Waals surface area contributed by atoms with E-state index in [-0.39, 0.29) is 18.4 Å². The second kappa shape index (κ2) is 7.55. The Balaban J connectivity index is 0.00000196. The third-order valence-corrected chi connectivity index (χ3v) is 2.41. The first-order chi connectivity index (χ1) is 6.79. The Hall–Kier alpha value is -0.730. The molecule has 86 valence electrons. The summed E-state index contributed by atoms with van der Waals surface area (Å²) in [5, 5.41) is 0. The molecule has 2 N–H and O–H groups in total. The van der Waals surface area contributed by atoms with Gasteiger partial charge in [-0.25, -0.2) is 0 Å². The number of hydrogen-bond acceptors (Lipinski definition) is 2. The SMILES string of the molecule is CCCC[C@@H](N)c1ccccc1OC.Cl. The Kier molecular flexibility index (Phi) is 7.18. The molecular weight excluding hydrogens is 210 g/mol. The molecule has 1 rings (SSSR count). The van der Waals surface area contributed by atoms with Crippen LogP contribution in [0.3, 0.4) is 0 Å². The summed E-state index contributed by atoms with van der Waals surface area (Å²) in [6.07, 6.45) is 3.37. The molecule has 1 aromatic rings. The van der Waals surface area contributed by atoms with Crippen LogP contribution >= 0.6 is 12.4 Å². The van der Waals surface area contributed by atoms with Gasteiger partial charge in [0.1, 0.15) is 5.75 Å². The van der Waals surface area contributed by atoms with E-state index in [1.165, 1.54) is 12.8 Å². The first-order valence-corrected chi connectivity index (χ1v) is 5.18. The molecule has 1 atom stereocenters. The summed E-state index contributed by atoms with van der Waals surface area (Å²) in [5.41, 5.74) is 7.19. The van der Waals surface area contributed by atoms with Crippen LogP contribution < -0.4 is 10.5 Å². The minimum absolute atomic E-state index is 0. The number of halogens is 1. The van der Waals surface area contributed by atoms with E-state index in [4.69, 9.17) is 10.5 Å². The van der Waals surface area contributed by atoms with Crippen molar-refractivity contribution in [2.45, 2.75) is 32.2 Å². The zero-order valence-corrected chi connectivity index (χ0v) is 10.2. The molecule has 0 spiro atoms. The van der Waals surface area contributed by atoms with Crippen LogP contribution in [-0.4, -0.2) is 7.11 Å². The monoisotopic (exact) mass is 229 g/mol. The quantitative estimate of drug-likeness (QED) is 0.841. The Morgan fingerprint density at radius 1 is 1.33 bits per heavy atom. The summed E-state index contributed by atoms with van der Waals surface area (Å²) in [4.78, 5) is 0. The fourth-order valence-corrected chi connectivity index (χ4v) is 1.55. The highest BCUT2D eigenvalue weighted by atomic mass is 35.5. The van der Waals surface area contributed by atoms with Gasteiger partial charge in [-0.1, -0.05) is 38.0 Å². The van der Waals surface area contributed by atoms with Crippen molar-refractivity contribution in [1.82, 2.24) is 0 Å². The highest BCUT2D eigenvalue weighted by Crippen LogP contribution is 2.26. The smallest absolute Gasteiger partial charge is 0.123 e. The lowest BCUT2D eigenvalue weighted by Gasteiger charge is -2.14. The van der Waals surface area contributed by atoms with Crippen molar-refractivity contribution in [1.29, 1.82) is 0 Å². The molecule has 0 saturated heterocycles. The number of hydrogen-bond donors (Lipinski definition) is 1. The lowest BCUT2D eigenvalue weighted by molar-refractivity contribution is 0.403. The standard InChI is InChI=1S/C12H19NO.ClH/c1-3-4-8-11(13)10-7-5-6-9-12(10)14-2;/h5-7,9,11H,3-4,8,13H2,1-2H3;1H/t11-;/m1./s1. The van der Waals surface area contributed by atoms with E-state index in [0.29, 0.717) is 0 Å². The van der Waals surface area contributed by atoms with E-state index < -0.39 is 0 Å². The molecule has 0 amide bonds. The number of unbranched alkanes of at least 4 members (excludes halogenated alkanes) is 1. The van der Waals surface area contributed by atoms with Gasteiger partial charge in [0, 0.05) is 11.6 Å². The van der Waals surface area contributed by atoms with Crippen LogP contribution in [-0.2, 0) is 0 Å². The van der Waals surface area contributed by atoms with Crippen LogP contribution in [0.5, 0.6) is 5.75 Å². The molecule has 0 aliphatic carbocycles. The third-order valence-electron chi connectivity index (χ3n) is 2.41. The van der Waals surface area contributed by atoms with E-state index in [0.717, 1.165) is 17.7 Å². The highest BCUT2D eigenvalue weighted by molar-refractivity contribution is 5.85. The van der Waals surface area contributed by atoms with Crippen LogP contribution in [0.4, 0.5) is 0 Å². The Morgan fingerprint density at radius 3 is 2.60 bits per heavy atom. The van der Waals surface area contributed by atoms with Gasteiger partial charge in [0.25, 0.3) is 0 Å². The third kappa shape index (κ3) is 4.10. The lowest BCUT2D eigenvalue weighted by Crippen LogP contribution is -2.11. The van der Waals surface area contributed by atoms with Crippen molar-refractivity contribution in [2.75, 3.05) is 7.11 Å². The topological polar surface area (TPSA) is 35.2 Å². The molecule has 0 bridgehead atoms. The van der Waals surface area contributed by atoms with Gasteiger partial charge in [0.2, 0.25) is 0 Å². The zero-order chi connectivity index (χ0) is 10.4. The first kappa shape index (κ1) is 14.3. The highest BCUT2D eigenvalue weighted by Gasteiger charge is 2.09. The van der Waals surface area contributed by atoms with Crippen LogP contribution in [0.1, 0.15) is 37.8 Å². The van der Waals surface area contributed by atoms with Crippen molar-refractivity contribution >= 4 is 12.4 Å². The summed E-state index contributed by atoms with van der Waals surface area (Å²) in [6.45, 7) is 2.18. The lowest BCUT2D eigenvalue weighted by atomic mass is 10.0. The second-order valence-corrected chi connectivity index (χ2v) is 3.49. The van der Waals surface area contributed by atoms with Gasteiger partial charge in [-0.05, 0) is 12.5 Å². The van der Waals surface area contributed by atoms with Gasteiger partial charge in [-0.2, -0.15) is 0 Å². The number of methoxy groups -OCH3 is 1. The van der Waals surface area contributed by atoms with E-state index in [1.54, 1.807) is 7.11 Å². The van der Waals surface area contributed by atoms with Gasteiger partial charge in [0.05, 0.1) is 7.11 Å². The Labute approximate surface area is 98.2 Å². The van der Waals surface area contributed by atoms with Gasteiger partial charge >= 0.3 is 0 Å². The van der Waals surface area contributed by atoms with E-state index in [1.807, 2.05) is 24.3 Å². The summed E-state index contributed by atoms with van der Waals surface area (Å²) in [6, 6.07) is 8.07. The fourth-order valence-electron chi connectivity index (χ4n) is 1.55. The average molecular weight is 230 g/mol. The summed E-state index contributed by atoms with van der Waals surface area (Å²) in [7, 11) is 1.69. The minimum atomic E-state index is 0. The average Bonchev–Trinajstić information content (AvgIpc) is 2.25. The number of ether oxygens (including phenoxy) is 1. The summed E-state index contributed by atoms with van der Waals surface area (Å²) in [5.74, 6) is 0.899. The van der Waals surface area contributed by atoms with Crippen molar-refractivity contribution in [3.8, 4) is 5.75 Å². The number of para-hydroxylation sites is 1. The maximum absolute atomic E-state index is 6.08. The van der Waals surface area contributed by atoms with Crippen LogP contribution in [0, 0.1) is 0 Å². The number of nitrogens with two attached hydrogens (primary N) is 1. The molecule has 2 nitrogen and oxygen atoms in total. The molecule has 0 aliphatic heterocycles. The van der Waals surface area contributed by atoms with Crippen molar-refractivity contribution in [2.24, 2.45) is 5.73 Å². The molecule has 0 heterocycles. The Morgan fingerprint density at radius 2 is 2.00 bits per heavy atom. The van der Waals surface area contributed by atoms with E-state index >= 15 is 0 Å². The van der Waals surface area contributed by atoms with Crippen molar-refractivity contribution in [3.63, 3.8) is 0 Å². The van der Waals surface area contributed by atoms with E-state index in [2.05, 4.69) is 6.92 Å². The van der Waals surface area contributed by atoms with Crippen LogP contribution in [0.25, 0.3) is 0 Å². The second-order valence-electron chi connectivity index (χ2n) is 3.49. The van der Waals surface area contributed by atoms with Gasteiger partial charge in [-0.3, -0.25) is 0 Å². The first-order valence-electron chi connectivity index (χ1n) is 5.18. The molecule has 1 aromatic carbocycles. The van der Waals surface area contributed by atoms with Gasteiger partial charge < -0.3 is 10.5 Å². The van der Waals surface area contributed by atoms with Crippen LogP contribution in [0.2, 0.25) is 0 Å². The van der Waals surface area contributed by atoms with Crippen LogP contribution in [0.15, 0.2) is 24.3 Å². The summed E-state index contributed by atoms with van der Waals surface area (Å²) < 4.78 is 5.27. The molecule has 15 heavy (non-hydrogen) atoms. The normalized spacial score (nSPS) is 11.7. The molecular formula is C12H20ClNO. The molecule has 0 aromatic heterocycles. The molecule has 0 radical (unpaired) electrons. The maximum atomic E-state index is 6.08. The zero-order valence-electron chi connectivity index (χ0n) is 9.40. The summed E-state index contributed by atoms with van der Waals surface area (Å²) >= 11 is 0. The number of benzene rings is 1. The maximum Gasteiger partial charge on any atom is 0.123 e. The van der Waals surface area contributed by atoms with Gasteiger partial charge in [-0.15, -0.1) is 12.4 Å². The van der Waals surface area contributed by atoms with Crippen molar-refractivity contribution < 1.29 is 4.74 Å². The van der Waals surface area contributed by atoms with Crippen molar-refractivity contribution in [3.05, 3.63) is 29.8 Å². The Bertz CT molecular complexity index is 278. The molecule has 0 aliphatic rings.